The molecule has 0 unspecified atom stereocenters. The van der Waals surface area contributed by atoms with Crippen molar-refractivity contribution in [3.05, 3.63) is 55.0 Å². The first-order valence-electron chi connectivity index (χ1n) is 10.1. The van der Waals surface area contributed by atoms with Crippen molar-refractivity contribution in [2.24, 2.45) is 0 Å². The van der Waals surface area contributed by atoms with Crippen molar-refractivity contribution in [2.45, 2.75) is 12.5 Å². The van der Waals surface area contributed by atoms with Gasteiger partial charge < -0.3 is 4.90 Å². The maximum absolute atomic E-state index is 13.2. The lowest BCUT2D eigenvalue weighted by molar-refractivity contribution is 0.254. The first-order chi connectivity index (χ1) is 15.4. The lowest BCUT2D eigenvalue weighted by Crippen LogP contribution is -2.48. The van der Waals surface area contributed by atoms with E-state index in [0.717, 1.165) is 37.0 Å². The molecule has 11 heteroatoms. The molecule has 1 aromatic carbocycles. The molecule has 0 saturated carbocycles. The zero-order valence-electron chi connectivity index (χ0n) is 17.3. The predicted molar refractivity (Wildman–Crippen MR) is 122 cm³/mol. The maximum atomic E-state index is 13.2. The summed E-state index contributed by atoms with van der Waals surface area (Å²) in [5, 5.41) is 2.81. The average Bonchev–Trinajstić information content (AvgIpc) is 3.17. The van der Waals surface area contributed by atoms with Gasteiger partial charge in [-0.25, -0.2) is 23.2 Å². The quantitative estimate of drug-likeness (QED) is 0.625. The number of hydrogen-bond acceptors (Lipinski definition) is 7. The Morgan fingerprint density at radius 2 is 2.06 bits per heavy atom. The van der Waals surface area contributed by atoms with Gasteiger partial charge in [0.2, 0.25) is 10.0 Å². The molecule has 3 aromatic rings. The topological polar surface area (TPSA) is 120 Å². The van der Waals surface area contributed by atoms with Crippen molar-refractivity contribution >= 4 is 39.1 Å². The number of urea groups is 1. The number of fused-ring (bicyclic) bond motifs is 4. The van der Waals surface area contributed by atoms with E-state index in [1.165, 1.54) is 12.4 Å². The Labute approximate surface area is 185 Å². The van der Waals surface area contributed by atoms with E-state index < -0.39 is 10.0 Å². The van der Waals surface area contributed by atoms with Crippen LogP contribution in [0.3, 0.4) is 0 Å². The summed E-state index contributed by atoms with van der Waals surface area (Å²) in [4.78, 5) is 30.0. The van der Waals surface area contributed by atoms with E-state index in [-0.39, 0.29) is 12.1 Å². The molecule has 164 valence electrons. The number of carbonyl (C=O) groups excluding carboxylic acids is 1. The molecule has 1 atom stereocenters. The third kappa shape index (κ3) is 3.94. The van der Waals surface area contributed by atoms with E-state index in [2.05, 4.69) is 24.9 Å². The van der Waals surface area contributed by atoms with Crippen molar-refractivity contribution < 1.29 is 13.2 Å². The van der Waals surface area contributed by atoms with Crippen LogP contribution >= 0.6 is 0 Å². The lowest BCUT2D eigenvalue weighted by atomic mass is 10.1. The van der Waals surface area contributed by atoms with Gasteiger partial charge in [0.05, 0.1) is 29.9 Å². The lowest BCUT2D eigenvalue weighted by Gasteiger charge is -2.35. The standard InChI is InChI=1S/C21H21N7O3S/c1-32(30,31)26-15-4-2-3-14(11-15)17-5-6-18-20(24-17)28(16-7-10-27(18)13-16)21(29)25-19-12-22-8-9-23-19/h2-6,8-9,11-12,16,26H,7,10,13H2,1H3,(H,23,25,29)/t16-/m0/s1. The number of amides is 2. The van der Waals surface area contributed by atoms with Gasteiger partial charge in [0.15, 0.2) is 11.6 Å². The summed E-state index contributed by atoms with van der Waals surface area (Å²) in [6.07, 6.45) is 6.50. The summed E-state index contributed by atoms with van der Waals surface area (Å²) < 4.78 is 25.7. The SMILES string of the molecule is CS(=O)(=O)Nc1cccc(-c2ccc3c(n2)N(C(=O)Nc2cnccn2)[C@H]2CCN3C2)c1. The van der Waals surface area contributed by atoms with Crippen LogP contribution in [0.5, 0.6) is 0 Å². The fraction of sp³-hybridized carbons (Fsp3) is 0.238. The third-order valence-electron chi connectivity index (χ3n) is 5.43. The molecule has 1 fully saturated rings. The largest absolute Gasteiger partial charge is 0.366 e. The van der Waals surface area contributed by atoms with Crippen LogP contribution in [0.4, 0.5) is 27.8 Å². The zero-order chi connectivity index (χ0) is 22.3. The van der Waals surface area contributed by atoms with Crippen LogP contribution < -0.4 is 19.8 Å². The van der Waals surface area contributed by atoms with E-state index in [0.29, 0.717) is 23.0 Å². The normalized spacial score (nSPS) is 17.1. The van der Waals surface area contributed by atoms with Gasteiger partial charge in [-0.2, -0.15) is 0 Å². The Morgan fingerprint density at radius 3 is 2.84 bits per heavy atom. The number of sulfonamides is 1. The molecule has 0 spiro atoms. The Hall–Kier alpha value is -3.73. The van der Waals surface area contributed by atoms with E-state index >= 15 is 0 Å². The molecule has 10 nitrogen and oxygen atoms in total. The first kappa shape index (κ1) is 20.2. The number of nitrogens with zero attached hydrogens (tertiary/aromatic N) is 5. The van der Waals surface area contributed by atoms with Crippen molar-refractivity contribution in [3.8, 4) is 11.3 Å². The molecular formula is C21H21N7O3S. The van der Waals surface area contributed by atoms with E-state index in [9.17, 15) is 13.2 Å². The van der Waals surface area contributed by atoms with Crippen LogP contribution in [0.2, 0.25) is 0 Å². The summed E-state index contributed by atoms with van der Waals surface area (Å²) in [5.74, 6) is 0.939. The number of nitrogens with one attached hydrogen (secondary N) is 2. The molecule has 0 radical (unpaired) electrons. The van der Waals surface area contributed by atoms with Gasteiger partial charge in [-0.05, 0) is 30.7 Å². The monoisotopic (exact) mass is 451 g/mol. The van der Waals surface area contributed by atoms with Gasteiger partial charge in [-0.15, -0.1) is 0 Å². The van der Waals surface area contributed by atoms with Crippen molar-refractivity contribution in [2.75, 3.05) is 39.2 Å². The number of benzene rings is 1. The second-order valence-corrected chi connectivity index (χ2v) is 9.52. The first-order valence-corrected chi connectivity index (χ1v) is 12.0. The molecule has 4 heterocycles. The number of hydrogen-bond donors (Lipinski definition) is 2. The van der Waals surface area contributed by atoms with Crippen LogP contribution in [0.15, 0.2) is 55.0 Å². The molecular weight excluding hydrogens is 430 g/mol. The third-order valence-corrected chi connectivity index (χ3v) is 6.04. The van der Waals surface area contributed by atoms with Crippen LogP contribution in [0.1, 0.15) is 6.42 Å². The molecule has 2 aliphatic heterocycles. The van der Waals surface area contributed by atoms with Crippen molar-refractivity contribution in [1.29, 1.82) is 0 Å². The van der Waals surface area contributed by atoms with E-state index in [1.807, 2.05) is 18.2 Å². The molecule has 2 N–H and O–H groups in total. The number of rotatable bonds is 4. The van der Waals surface area contributed by atoms with E-state index in [4.69, 9.17) is 4.98 Å². The molecule has 2 bridgehead atoms. The molecule has 0 aliphatic carbocycles. The predicted octanol–water partition coefficient (Wildman–Crippen LogP) is 2.54. The summed E-state index contributed by atoms with van der Waals surface area (Å²) in [6.45, 7) is 1.59. The summed E-state index contributed by atoms with van der Waals surface area (Å²) >= 11 is 0. The van der Waals surface area contributed by atoms with Gasteiger partial charge in [-0.3, -0.25) is 19.9 Å². The maximum Gasteiger partial charge on any atom is 0.329 e. The highest BCUT2D eigenvalue weighted by molar-refractivity contribution is 7.92. The van der Waals surface area contributed by atoms with Crippen LogP contribution in [-0.4, -0.2) is 54.8 Å². The minimum absolute atomic E-state index is 0.000145. The summed E-state index contributed by atoms with van der Waals surface area (Å²) in [6, 6.07) is 10.5. The Morgan fingerprint density at radius 1 is 1.19 bits per heavy atom. The zero-order valence-corrected chi connectivity index (χ0v) is 18.1. The van der Waals surface area contributed by atoms with Crippen LogP contribution in [0.25, 0.3) is 11.3 Å². The molecule has 2 aromatic heterocycles. The second-order valence-electron chi connectivity index (χ2n) is 7.77. The fourth-order valence-electron chi connectivity index (χ4n) is 4.12. The second kappa shape index (κ2) is 7.75. The summed E-state index contributed by atoms with van der Waals surface area (Å²) in [5.41, 5.74) is 2.72. The number of pyridine rings is 1. The van der Waals surface area contributed by atoms with Gasteiger partial charge in [-0.1, -0.05) is 12.1 Å². The van der Waals surface area contributed by atoms with Gasteiger partial charge in [0, 0.05) is 36.7 Å². The molecule has 1 saturated heterocycles. The minimum atomic E-state index is -3.40. The molecule has 5 rings (SSSR count). The minimum Gasteiger partial charge on any atom is -0.366 e. The number of anilines is 4. The van der Waals surface area contributed by atoms with Gasteiger partial charge >= 0.3 is 6.03 Å². The highest BCUT2D eigenvalue weighted by atomic mass is 32.2. The van der Waals surface area contributed by atoms with Crippen molar-refractivity contribution in [3.63, 3.8) is 0 Å². The van der Waals surface area contributed by atoms with E-state index in [1.54, 1.807) is 29.3 Å². The summed E-state index contributed by atoms with van der Waals surface area (Å²) in [7, 11) is -3.40. The van der Waals surface area contributed by atoms with Crippen LogP contribution in [0, 0.1) is 0 Å². The van der Waals surface area contributed by atoms with Crippen LogP contribution in [-0.2, 0) is 10.0 Å². The van der Waals surface area contributed by atoms with Crippen molar-refractivity contribution in [1.82, 2.24) is 15.0 Å². The number of carbonyl (C=O) groups is 1. The Bertz CT molecular complexity index is 1280. The highest BCUT2D eigenvalue weighted by Crippen LogP contribution is 2.40. The van der Waals surface area contributed by atoms with Gasteiger partial charge in [0.25, 0.3) is 0 Å². The smallest absolute Gasteiger partial charge is 0.329 e. The Balaban J connectivity index is 1.51. The highest BCUT2D eigenvalue weighted by Gasteiger charge is 2.40. The fourth-order valence-corrected chi connectivity index (χ4v) is 4.68. The molecule has 2 aliphatic rings. The molecule has 32 heavy (non-hydrogen) atoms. The Kier molecular flexibility index (Phi) is 4.89. The van der Waals surface area contributed by atoms with Gasteiger partial charge in [0.1, 0.15) is 0 Å². The molecule has 2 amide bonds. The average molecular weight is 452 g/mol. The number of aromatic nitrogens is 3.